The van der Waals surface area contributed by atoms with Gasteiger partial charge in [-0.05, 0) is 25.0 Å². The smallest absolute Gasteiger partial charge is 0.191 e. The van der Waals surface area contributed by atoms with Gasteiger partial charge in [-0.1, -0.05) is 32.9 Å². The molecule has 0 saturated carbocycles. The summed E-state index contributed by atoms with van der Waals surface area (Å²) < 4.78 is 11.6. The number of halogens is 1. The Balaban J connectivity index is 0.00000341. The Bertz CT molecular complexity index is 858. The van der Waals surface area contributed by atoms with Gasteiger partial charge in [-0.2, -0.15) is 0 Å². The molecule has 1 saturated heterocycles. The minimum absolute atomic E-state index is 0. The first kappa shape index (κ1) is 25.9. The quantitative estimate of drug-likeness (QED) is 0.294. The van der Waals surface area contributed by atoms with Crippen molar-refractivity contribution >= 4 is 41.3 Å². The lowest BCUT2D eigenvalue weighted by atomic mass is 9.93. The molecule has 1 aromatic carbocycles. The zero-order valence-corrected chi connectivity index (χ0v) is 22.3. The van der Waals surface area contributed by atoms with Crippen molar-refractivity contribution in [2.24, 2.45) is 10.9 Å². The number of aromatic nitrogens is 1. The van der Waals surface area contributed by atoms with E-state index in [0.29, 0.717) is 25.6 Å². The van der Waals surface area contributed by atoms with E-state index in [1.54, 1.807) is 18.4 Å². The lowest BCUT2D eigenvalue weighted by molar-refractivity contribution is 0.166. The van der Waals surface area contributed by atoms with Gasteiger partial charge in [0.05, 0.1) is 25.5 Å². The highest BCUT2D eigenvalue weighted by Crippen LogP contribution is 2.24. The first-order valence-electron chi connectivity index (χ1n) is 10.5. The molecule has 172 valence electrons. The molecule has 1 aromatic heterocycles. The molecular weight excluding hydrogens is 523 g/mol. The highest BCUT2D eigenvalue weighted by atomic mass is 127. The molecule has 0 spiro atoms. The molecule has 0 amide bonds. The third-order valence-electron chi connectivity index (χ3n) is 5.12. The zero-order valence-electron chi connectivity index (χ0n) is 19.2. The number of thiazole rings is 1. The third kappa shape index (κ3) is 7.91. The summed E-state index contributed by atoms with van der Waals surface area (Å²) in [5.41, 5.74) is 3.51. The number of hydrogen-bond acceptors (Lipinski definition) is 5. The van der Waals surface area contributed by atoms with Gasteiger partial charge in [0.15, 0.2) is 5.96 Å². The van der Waals surface area contributed by atoms with Crippen molar-refractivity contribution in [1.82, 2.24) is 15.6 Å². The normalized spacial score (nSPS) is 16.7. The maximum absolute atomic E-state index is 6.14. The second-order valence-electron chi connectivity index (χ2n) is 8.81. The van der Waals surface area contributed by atoms with E-state index < -0.39 is 0 Å². The Hall–Kier alpha value is -1.39. The van der Waals surface area contributed by atoms with Crippen LogP contribution < -0.4 is 15.4 Å². The Labute approximate surface area is 207 Å². The topological polar surface area (TPSA) is 67.8 Å². The van der Waals surface area contributed by atoms with Crippen LogP contribution in [0.1, 0.15) is 49.0 Å². The van der Waals surface area contributed by atoms with Crippen molar-refractivity contribution in [3.63, 3.8) is 0 Å². The summed E-state index contributed by atoms with van der Waals surface area (Å²) in [5.74, 6) is 2.16. The number of guanidine groups is 1. The highest BCUT2D eigenvalue weighted by molar-refractivity contribution is 14.0. The number of benzene rings is 1. The second kappa shape index (κ2) is 12.0. The lowest BCUT2D eigenvalue weighted by Crippen LogP contribution is -2.36. The Morgan fingerprint density at radius 1 is 1.29 bits per heavy atom. The summed E-state index contributed by atoms with van der Waals surface area (Å²) in [6.07, 6.45) is 1.07. The van der Waals surface area contributed by atoms with Crippen LogP contribution in [0.3, 0.4) is 0 Å². The summed E-state index contributed by atoms with van der Waals surface area (Å²) in [5, 5.41) is 9.94. The number of aliphatic imine (C=N–C) groups is 1. The molecule has 1 aliphatic heterocycles. The van der Waals surface area contributed by atoms with Gasteiger partial charge in [-0.3, -0.25) is 4.99 Å². The SMILES string of the molecule is CN=C(NCc1nc(C(C)(C)C)cs1)NCc1ccc(C)cc1OCC1CCOC1.I. The molecule has 3 rings (SSSR count). The zero-order chi connectivity index (χ0) is 21.6. The van der Waals surface area contributed by atoms with E-state index in [4.69, 9.17) is 14.5 Å². The van der Waals surface area contributed by atoms with E-state index in [-0.39, 0.29) is 29.4 Å². The van der Waals surface area contributed by atoms with Crippen LogP contribution >= 0.6 is 35.3 Å². The molecule has 2 aromatic rings. The molecule has 1 unspecified atom stereocenters. The van der Waals surface area contributed by atoms with Gasteiger partial charge < -0.3 is 20.1 Å². The van der Waals surface area contributed by atoms with Crippen LogP contribution in [0.15, 0.2) is 28.6 Å². The fourth-order valence-electron chi connectivity index (χ4n) is 3.16. The molecule has 2 heterocycles. The van der Waals surface area contributed by atoms with Crippen LogP contribution in [0.4, 0.5) is 0 Å². The van der Waals surface area contributed by atoms with Crippen molar-refractivity contribution in [2.75, 3.05) is 26.9 Å². The summed E-state index contributed by atoms with van der Waals surface area (Å²) in [4.78, 5) is 9.08. The summed E-state index contributed by atoms with van der Waals surface area (Å²) in [6, 6.07) is 6.33. The lowest BCUT2D eigenvalue weighted by Gasteiger charge is -2.17. The van der Waals surface area contributed by atoms with Crippen molar-refractivity contribution in [3.8, 4) is 5.75 Å². The molecular formula is C23H35IN4O2S. The van der Waals surface area contributed by atoms with E-state index in [1.807, 2.05) is 0 Å². The number of hydrogen-bond donors (Lipinski definition) is 2. The van der Waals surface area contributed by atoms with Gasteiger partial charge in [-0.15, -0.1) is 35.3 Å². The van der Waals surface area contributed by atoms with Crippen LogP contribution in [0.25, 0.3) is 0 Å². The summed E-state index contributed by atoms with van der Waals surface area (Å²) in [7, 11) is 1.78. The molecule has 1 aliphatic rings. The monoisotopic (exact) mass is 558 g/mol. The van der Waals surface area contributed by atoms with E-state index in [1.165, 1.54) is 5.56 Å². The minimum atomic E-state index is 0. The summed E-state index contributed by atoms with van der Waals surface area (Å²) >= 11 is 1.68. The van der Waals surface area contributed by atoms with Crippen LogP contribution in [0.5, 0.6) is 5.75 Å². The maximum atomic E-state index is 6.14. The Kier molecular flexibility index (Phi) is 10.0. The van der Waals surface area contributed by atoms with Gasteiger partial charge >= 0.3 is 0 Å². The van der Waals surface area contributed by atoms with E-state index in [0.717, 1.165) is 47.6 Å². The molecule has 0 radical (unpaired) electrons. The molecule has 0 bridgehead atoms. The Morgan fingerprint density at radius 3 is 2.71 bits per heavy atom. The number of nitrogens with one attached hydrogen (secondary N) is 2. The molecule has 0 aliphatic carbocycles. The van der Waals surface area contributed by atoms with Gasteiger partial charge in [0.2, 0.25) is 0 Å². The molecule has 31 heavy (non-hydrogen) atoms. The van der Waals surface area contributed by atoms with Crippen molar-refractivity contribution in [3.05, 3.63) is 45.4 Å². The van der Waals surface area contributed by atoms with E-state index in [9.17, 15) is 0 Å². The predicted molar refractivity (Wildman–Crippen MR) is 139 cm³/mol. The van der Waals surface area contributed by atoms with Crippen molar-refractivity contribution < 1.29 is 9.47 Å². The number of ether oxygens (including phenoxy) is 2. The van der Waals surface area contributed by atoms with Gasteiger partial charge in [0.25, 0.3) is 0 Å². The van der Waals surface area contributed by atoms with Crippen molar-refractivity contribution in [2.45, 2.75) is 52.6 Å². The standard InChI is InChI=1S/C23H34N4O2S.HI/c1-16-6-7-18(19(10-16)29-14-17-8-9-28-13-17)11-25-22(24-5)26-12-21-27-20(15-30-21)23(2,3)4;/h6-7,10,15,17H,8-9,11-14H2,1-5H3,(H2,24,25,26);1H. The first-order valence-corrected chi connectivity index (χ1v) is 11.4. The molecule has 1 atom stereocenters. The van der Waals surface area contributed by atoms with Gasteiger partial charge in [0.1, 0.15) is 10.8 Å². The van der Waals surface area contributed by atoms with Crippen LogP contribution in [-0.4, -0.2) is 37.8 Å². The number of rotatable bonds is 7. The Morgan fingerprint density at radius 2 is 2.06 bits per heavy atom. The maximum Gasteiger partial charge on any atom is 0.191 e. The van der Waals surface area contributed by atoms with Crippen molar-refractivity contribution in [1.29, 1.82) is 0 Å². The van der Waals surface area contributed by atoms with Gasteiger partial charge in [0, 0.05) is 42.5 Å². The molecule has 8 heteroatoms. The average molecular weight is 559 g/mol. The number of nitrogens with zero attached hydrogens (tertiary/aromatic N) is 2. The van der Waals surface area contributed by atoms with Gasteiger partial charge in [-0.25, -0.2) is 4.98 Å². The highest BCUT2D eigenvalue weighted by Gasteiger charge is 2.18. The fraction of sp³-hybridized carbons (Fsp3) is 0.565. The largest absolute Gasteiger partial charge is 0.493 e. The second-order valence-corrected chi connectivity index (χ2v) is 9.75. The molecule has 1 fully saturated rings. The van der Waals surface area contributed by atoms with E-state index >= 15 is 0 Å². The third-order valence-corrected chi connectivity index (χ3v) is 5.97. The fourth-order valence-corrected chi connectivity index (χ4v) is 4.12. The number of aryl methyl sites for hydroxylation is 1. The van der Waals surface area contributed by atoms with Crippen LogP contribution in [-0.2, 0) is 23.2 Å². The van der Waals surface area contributed by atoms with Crippen LogP contribution in [0.2, 0.25) is 0 Å². The van der Waals surface area contributed by atoms with E-state index in [2.05, 4.69) is 66.9 Å². The first-order chi connectivity index (χ1) is 14.3. The molecule has 6 nitrogen and oxygen atoms in total. The average Bonchev–Trinajstić information content (AvgIpc) is 3.39. The molecule has 2 N–H and O–H groups in total. The predicted octanol–water partition coefficient (Wildman–Crippen LogP) is 4.65. The minimum Gasteiger partial charge on any atom is -0.493 e. The summed E-state index contributed by atoms with van der Waals surface area (Å²) in [6.45, 7) is 12.3. The van der Waals surface area contributed by atoms with Crippen LogP contribution in [0, 0.1) is 12.8 Å².